The fraction of sp³-hybridized carbons (Fsp3) is 0.833. The van der Waals surface area contributed by atoms with Crippen LogP contribution in [0.2, 0.25) is 0 Å². The van der Waals surface area contributed by atoms with E-state index in [0.717, 1.165) is 0 Å². The SMILES string of the molecule is CCC1(O)CN(C(N)=O)C1. The second-order valence-electron chi connectivity index (χ2n) is 2.77. The van der Waals surface area contributed by atoms with Gasteiger partial charge in [0.2, 0.25) is 0 Å². The molecule has 0 aromatic rings. The normalized spacial score (nSPS) is 22.0. The number of rotatable bonds is 1. The number of hydrogen-bond donors (Lipinski definition) is 2. The van der Waals surface area contributed by atoms with Crippen LogP contribution in [0.15, 0.2) is 0 Å². The number of nitrogens with zero attached hydrogens (tertiary/aromatic N) is 1. The number of amides is 2. The Kier molecular flexibility index (Phi) is 1.56. The van der Waals surface area contributed by atoms with E-state index >= 15 is 0 Å². The molecule has 1 aliphatic rings. The van der Waals surface area contributed by atoms with E-state index in [1.54, 1.807) is 0 Å². The lowest BCUT2D eigenvalue weighted by Gasteiger charge is -2.45. The molecule has 1 aliphatic heterocycles. The average molecular weight is 144 g/mol. The number of carbonyl (C=O) groups excluding carboxylic acids is 1. The van der Waals surface area contributed by atoms with Crippen molar-refractivity contribution >= 4 is 6.03 Å². The average Bonchev–Trinajstić information content (AvgIpc) is 1.80. The second kappa shape index (κ2) is 2.12. The number of β-amino-alcohol motifs (C(OH)–C–C–N with tert-alkyl or cyclic N) is 1. The molecule has 4 nitrogen and oxygen atoms in total. The zero-order valence-electron chi connectivity index (χ0n) is 6.00. The molecule has 0 aliphatic carbocycles. The number of nitrogens with two attached hydrogens (primary N) is 1. The molecule has 0 unspecified atom stereocenters. The lowest BCUT2D eigenvalue weighted by atomic mass is 9.92. The maximum Gasteiger partial charge on any atom is 0.314 e. The molecule has 0 aromatic heterocycles. The van der Waals surface area contributed by atoms with Crippen molar-refractivity contribution in [3.8, 4) is 0 Å². The number of urea groups is 1. The topological polar surface area (TPSA) is 66.6 Å². The third-order valence-corrected chi connectivity index (χ3v) is 1.94. The van der Waals surface area contributed by atoms with Gasteiger partial charge in [0.15, 0.2) is 0 Å². The van der Waals surface area contributed by atoms with Gasteiger partial charge in [-0.15, -0.1) is 0 Å². The van der Waals surface area contributed by atoms with Gasteiger partial charge in [0.25, 0.3) is 0 Å². The Bertz CT molecular complexity index is 152. The summed E-state index contributed by atoms with van der Waals surface area (Å²) < 4.78 is 0. The molecule has 0 atom stereocenters. The van der Waals surface area contributed by atoms with E-state index in [4.69, 9.17) is 5.73 Å². The minimum atomic E-state index is -0.658. The summed E-state index contributed by atoms with van der Waals surface area (Å²) in [6, 6.07) is -0.446. The molecule has 0 radical (unpaired) electrons. The van der Waals surface area contributed by atoms with Crippen molar-refractivity contribution in [2.45, 2.75) is 18.9 Å². The summed E-state index contributed by atoms with van der Waals surface area (Å²) in [5.74, 6) is 0. The first-order valence-electron chi connectivity index (χ1n) is 3.34. The van der Waals surface area contributed by atoms with Crippen molar-refractivity contribution < 1.29 is 9.90 Å². The Hall–Kier alpha value is -0.770. The highest BCUT2D eigenvalue weighted by Gasteiger charge is 2.41. The minimum Gasteiger partial charge on any atom is -0.386 e. The Labute approximate surface area is 59.6 Å². The molecule has 2 amide bonds. The Morgan fingerprint density at radius 1 is 1.80 bits per heavy atom. The van der Waals surface area contributed by atoms with E-state index < -0.39 is 11.6 Å². The number of aliphatic hydroxyl groups is 1. The van der Waals surface area contributed by atoms with E-state index in [9.17, 15) is 9.90 Å². The summed E-state index contributed by atoms with van der Waals surface area (Å²) in [7, 11) is 0. The van der Waals surface area contributed by atoms with Crippen LogP contribution in [0, 0.1) is 0 Å². The molecular weight excluding hydrogens is 132 g/mol. The van der Waals surface area contributed by atoms with Gasteiger partial charge in [0, 0.05) is 0 Å². The zero-order valence-corrected chi connectivity index (χ0v) is 6.00. The van der Waals surface area contributed by atoms with Crippen LogP contribution in [-0.4, -0.2) is 34.7 Å². The van der Waals surface area contributed by atoms with Crippen LogP contribution in [0.4, 0.5) is 4.79 Å². The first-order chi connectivity index (χ1) is 4.57. The fourth-order valence-corrected chi connectivity index (χ4v) is 1.04. The summed E-state index contributed by atoms with van der Waals surface area (Å²) in [5.41, 5.74) is 4.29. The van der Waals surface area contributed by atoms with E-state index in [1.165, 1.54) is 4.90 Å². The van der Waals surface area contributed by atoms with E-state index in [2.05, 4.69) is 0 Å². The van der Waals surface area contributed by atoms with Crippen molar-refractivity contribution in [3.63, 3.8) is 0 Å². The number of carbonyl (C=O) groups is 1. The van der Waals surface area contributed by atoms with Crippen LogP contribution in [-0.2, 0) is 0 Å². The summed E-state index contributed by atoms with van der Waals surface area (Å²) in [4.78, 5) is 11.8. The maximum absolute atomic E-state index is 10.4. The van der Waals surface area contributed by atoms with Crippen molar-refractivity contribution in [3.05, 3.63) is 0 Å². The summed E-state index contributed by atoms with van der Waals surface area (Å²) in [6.07, 6.45) is 0.677. The summed E-state index contributed by atoms with van der Waals surface area (Å²) in [5, 5.41) is 9.39. The van der Waals surface area contributed by atoms with Gasteiger partial charge in [-0.2, -0.15) is 0 Å². The Balaban J connectivity index is 2.36. The van der Waals surface area contributed by atoms with Crippen LogP contribution in [0.3, 0.4) is 0 Å². The molecule has 1 rings (SSSR count). The number of hydrogen-bond acceptors (Lipinski definition) is 2. The molecular formula is C6H12N2O2. The van der Waals surface area contributed by atoms with Gasteiger partial charge in [-0.25, -0.2) is 4.79 Å². The zero-order chi connectivity index (χ0) is 7.78. The molecule has 10 heavy (non-hydrogen) atoms. The molecule has 1 saturated heterocycles. The number of likely N-dealkylation sites (tertiary alicyclic amines) is 1. The smallest absolute Gasteiger partial charge is 0.314 e. The lowest BCUT2D eigenvalue weighted by molar-refractivity contribution is -0.0763. The summed E-state index contributed by atoms with van der Waals surface area (Å²) >= 11 is 0. The molecule has 0 bridgehead atoms. The van der Waals surface area contributed by atoms with Gasteiger partial charge in [-0.05, 0) is 6.42 Å². The molecule has 1 heterocycles. The molecule has 0 saturated carbocycles. The highest BCUT2D eigenvalue weighted by Crippen LogP contribution is 2.22. The Morgan fingerprint density at radius 3 is 2.60 bits per heavy atom. The second-order valence-corrected chi connectivity index (χ2v) is 2.77. The van der Waals surface area contributed by atoms with Gasteiger partial charge in [0.1, 0.15) is 0 Å². The van der Waals surface area contributed by atoms with Crippen molar-refractivity contribution in [2.75, 3.05) is 13.1 Å². The third kappa shape index (κ3) is 1.07. The molecule has 3 N–H and O–H groups in total. The predicted molar refractivity (Wildman–Crippen MR) is 36.4 cm³/mol. The highest BCUT2D eigenvalue weighted by atomic mass is 16.3. The van der Waals surface area contributed by atoms with Gasteiger partial charge in [0.05, 0.1) is 18.7 Å². The predicted octanol–water partition coefficient (Wildman–Crippen LogP) is -0.478. The molecule has 0 aromatic carbocycles. The van der Waals surface area contributed by atoms with Crippen LogP contribution < -0.4 is 5.73 Å². The van der Waals surface area contributed by atoms with Crippen LogP contribution in [0.1, 0.15) is 13.3 Å². The van der Waals surface area contributed by atoms with Crippen molar-refractivity contribution in [1.29, 1.82) is 0 Å². The van der Waals surface area contributed by atoms with Gasteiger partial charge < -0.3 is 15.7 Å². The van der Waals surface area contributed by atoms with Crippen LogP contribution in [0.25, 0.3) is 0 Å². The van der Waals surface area contributed by atoms with Gasteiger partial charge in [-0.3, -0.25) is 0 Å². The van der Waals surface area contributed by atoms with E-state index in [-0.39, 0.29) is 0 Å². The summed E-state index contributed by atoms with van der Waals surface area (Å²) in [6.45, 7) is 2.66. The number of primary amides is 1. The lowest BCUT2D eigenvalue weighted by Crippen LogP contribution is -2.64. The highest BCUT2D eigenvalue weighted by molar-refractivity contribution is 5.73. The quantitative estimate of drug-likeness (QED) is 0.522. The van der Waals surface area contributed by atoms with Crippen molar-refractivity contribution in [1.82, 2.24) is 4.90 Å². The first-order valence-corrected chi connectivity index (χ1v) is 3.34. The van der Waals surface area contributed by atoms with E-state index in [0.29, 0.717) is 19.5 Å². The minimum absolute atomic E-state index is 0.388. The molecule has 58 valence electrons. The maximum atomic E-state index is 10.4. The van der Waals surface area contributed by atoms with Crippen LogP contribution >= 0.6 is 0 Å². The van der Waals surface area contributed by atoms with Crippen molar-refractivity contribution in [2.24, 2.45) is 5.73 Å². The van der Waals surface area contributed by atoms with E-state index in [1.807, 2.05) is 6.92 Å². The Morgan fingerprint density at radius 2 is 2.30 bits per heavy atom. The monoisotopic (exact) mass is 144 g/mol. The largest absolute Gasteiger partial charge is 0.386 e. The van der Waals surface area contributed by atoms with Crippen LogP contribution in [0.5, 0.6) is 0 Å². The van der Waals surface area contributed by atoms with Gasteiger partial charge in [-0.1, -0.05) is 6.92 Å². The fourth-order valence-electron chi connectivity index (χ4n) is 1.04. The van der Waals surface area contributed by atoms with Gasteiger partial charge >= 0.3 is 6.03 Å². The molecule has 1 fully saturated rings. The molecule has 4 heteroatoms. The molecule has 0 spiro atoms. The first kappa shape index (κ1) is 7.34. The standard InChI is InChI=1S/C6H12N2O2/c1-2-6(10)3-8(4-6)5(7)9/h10H,2-4H2,1H3,(H2,7,9). The third-order valence-electron chi connectivity index (χ3n) is 1.94.